The Morgan fingerprint density at radius 3 is 2.25 bits per heavy atom. The lowest BCUT2D eigenvalue weighted by Gasteiger charge is -2.41. The van der Waals surface area contributed by atoms with Gasteiger partial charge < -0.3 is 10.2 Å². The highest BCUT2D eigenvalue weighted by atomic mass is 15.2. The van der Waals surface area contributed by atoms with E-state index in [-0.39, 0.29) is 0 Å². The van der Waals surface area contributed by atoms with Gasteiger partial charge in [-0.15, -0.1) is 0 Å². The average Bonchev–Trinajstić information content (AvgIpc) is 2.41. The van der Waals surface area contributed by atoms with E-state index in [0.717, 1.165) is 18.5 Å². The molecule has 20 heavy (non-hydrogen) atoms. The first-order chi connectivity index (χ1) is 9.62. The normalized spacial score (nSPS) is 21.3. The summed E-state index contributed by atoms with van der Waals surface area (Å²) in [6.07, 6.45) is 6.62. The van der Waals surface area contributed by atoms with Crippen LogP contribution in [0.5, 0.6) is 0 Å². The molecule has 0 amide bonds. The molecule has 1 rings (SSSR count). The molecule has 0 aromatic heterocycles. The molecular formula is C17H37N3. The maximum atomic E-state index is 3.73. The third kappa shape index (κ3) is 5.71. The molecule has 2 unspecified atom stereocenters. The Bertz CT molecular complexity index is 228. The number of likely N-dealkylation sites (tertiary alicyclic amines) is 1. The highest BCUT2D eigenvalue weighted by molar-refractivity contribution is 4.86. The average molecular weight is 284 g/mol. The fourth-order valence-electron chi connectivity index (χ4n) is 3.78. The molecule has 0 saturated carbocycles. The molecule has 0 aromatic rings. The van der Waals surface area contributed by atoms with E-state index >= 15 is 0 Å². The highest BCUT2D eigenvalue weighted by Gasteiger charge is 2.28. The Balaban J connectivity index is 2.50. The molecule has 0 aromatic carbocycles. The number of hydrogen-bond donors (Lipinski definition) is 1. The van der Waals surface area contributed by atoms with Crippen molar-refractivity contribution in [1.29, 1.82) is 0 Å². The summed E-state index contributed by atoms with van der Waals surface area (Å²) in [6.45, 7) is 11.8. The lowest BCUT2D eigenvalue weighted by atomic mass is 9.92. The SMILES string of the molecule is CCCC(NCC)C(CC)N1CCC(CN(C)C)CC1. The molecule has 1 heterocycles. The standard InChI is InChI=1S/C17H37N3/c1-6-9-16(18-8-3)17(7-2)20-12-10-15(11-13-20)14-19(4)5/h15-18H,6-14H2,1-5H3. The summed E-state index contributed by atoms with van der Waals surface area (Å²) >= 11 is 0. The largest absolute Gasteiger partial charge is 0.313 e. The molecular weight excluding hydrogens is 246 g/mol. The van der Waals surface area contributed by atoms with Crippen LogP contribution in [0.3, 0.4) is 0 Å². The number of piperidine rings is 1. The summed E-state index contributed by atoms with van der Waals surface area (Å²) in [7, 11) is 4.40. The van der Waals surface area contributed by atoms with Crippen molar-refractivity contribution in [3.63, 3.8) is 0 Å². The van der Waals surface area contributed by atoms with Gasteiger partial charge in [-0.1, -0.05) is 27.2 Å². The smallest absolute Gasteiger partial charge is 0.0246 e. The minimum Gasteiger partial charge on any atom is -0.313 e. The minimum absolute atomic E-state index is 0.681. The van der Waals surface area contributed by atoms with E-state index in [1.807, 2.05) is 0 Å². The number of nitrogens with zero attached hydrogens (tertiary/aromatic N) is 2. The molecule has 1 aliphatic rings. The molecule has 1 saturated heterocycles. The summed E-state index contributed by atoms with van der Waals surface area (Å²) in [6, 6.07) is 1.41. The molecule has 1 N–H and O–H groups in total. The topological polar surface area (TPSA) is 18.5 Å². The number of hydrogen-bond acceptors (Lipinski definition) is 3. The van der Waals surface area contributed by atoms with Crippen LogP contribution in [0.1, 0.15) is 52.9 Å². The van der Waals surface area contributed by atoms with Gasteiger partial charge in [0.25, 0.3) is 0 Å². The molecule has 0 bridgehead atoms. The van der Waals surface area contributed by atoms with E-state index in [9.17, 15) is 0 Å². The third-order valence-corrected chi connectivity index (χ3v) is 4.69. The fourth-order valence-corrected chi connectivity index (χ4v) is 3.78. The van der Waals surface area contributed by atoms with Gasteiger partial charge in [-0.3, -0.25) is 4.90 Å². The monoisotopic (exact) mass is 283 g/mol. The zero-order valence-electron chi connectivity index (χ0n) is 14.5. The molecule has 3 heteroatoms. The van der Waals surface area contributed by atoms with Crippen molar-refractivity contribution in [2.45, 2.75) is 65.0 Å². The van der Waals surface area contributed by atoms with Crippen molar-refractivity contribution in [2.75, 3.05) is 40.3 Å². The Kier molecular flexibility index (Phi) is 8.74. The molecule has 0 spiro atoms. The zero-order chi connectivity index (χ0) is 15.0. The van der Waals surface area contributed by atoms with Crippen LogP contribution in [0.2, 0.25) is 0 Å². The Hall–Kier alpha value is -0.120. The zero-order valence-corrected chi connectivity index (χ0v) is 14.5. The Morgan fingerprint density at radius 1 is 1.15 bits per heavy atom. The predicted molar refractivity (Wildman–Crippen MR) is 89.3 cm³/mol. The van der Waals surface area contributed by atoms with Crippen LogP contribution in [-0.4, -0.2) is 62.2 Å². The van der Waals surface area contributed by atoms with Gasteiger partial charge in [0.1, 0.15) is 0 Å². The first-order valence-electron chi connectivity index (χ1n) is 8.74. The summed E-state index contributed by atoms with van der Waals surface area (Å²) in [5.41, 5.74) is 0. The van der Waals surface area contributed by atoms with E-state index < -0.39 is 0 Å². The van der Waals surface area contributed by atoms with E-state index in [1.165, 1.54) is 51.7 Å². The van der Waals surface area contributed by atoms with Crippen molar-refractivity contribution in [2.24, 2.45) is 5.92 Å². The van der Waals surface area contributed by atoms with Crippen molar-refractivity contribution >= 4 is 0 Å². The van der Waals surface area contributed by atoms with Crippen LogP contribution >= 0.6 is 0 Å². The van der Waals surface area contributed by atoms with Gasteiger partial charge in [-0.05, 0) is 65.3 Å². The molecule has 2 atom stereocenters. The first-order valence-corrected chi connectivity index (χ1v) is 8.74. The first kappa shape index (κ1) is 17.9. The minimum atomic E-state index is 0.681. The fraction of sp³-hybridized carbons (Fsp3) is 1.00. The van der Waals surface area contributed by atoms with Gasteiger partial charge in [0.15, 0.2) is 0 Å². The van der Waals surface area contributed by atoms with E-state index in [2.05, 4.69) is 50.0 Å². The second-order valence-electron chi connectivity index (χ2n) is 6.67. The highest BCUT2D eigenvalue weighted by Crippen LogP contribution is 2.23. The maximum Gasteiger partial charge on any atom is 0.0246 e. The van der Waals surface area contributed by atoms with E-state index in [4.69, 9.17) is 0 Å². The van der Waals surface area contributed by atoms with Gasteiger partial charge in [0.05, 0.1) is 0 Å². The lowest BCUT2D eigenvalue weighted by molar-refractivity contribution is 0.0924. The van der Waals surface area contributed by atoms with Crippen molar-refractivity contribution in [3.05, 3.63) is 0 Å². The van der Waals surface area contributed by atoms with Crippen LogP contribution in [-0.2, 0) is 0 Å². The van der Waals surface area contributed by atoms with Crippen LogP contribution < -0.4 is 5.32 Å². The molecule has 3 nitrogen and oxygen atoms in total. The van der Waals surface area contributed by atoms with Crippen LogP contribution in [0.25, 0.3) is 0 Å². The maximum absolute atomic E-state index is 3.73. The van der Waals surface area contributed by atoms with Crippen molar-refractivity contribution < 1.29 is 0 Å². The number of rotatable bonds is 9. The summed E-state index contributed by atoms with van der Waals surface area (Å²) in [5.74, 6) is 0.905. The van der Waals surface area contributed by atoms with Crippen LogP contribution in [0, 0.1) is 5.92 Å². The molecule has 120 valence electrons. The van der Waals surface area contributed by atoms with Gasteiger partial charge in [0.2, 0.25) is 0 Å². The van der Waals surface area contributed by atoms with Gasteiger partial charge >= 0.3 is 0 Å². The van der Waals surface area contributed by atoms with Crippen LogP contribution in [0.15, 0.2) is 0 Å². The quantitative estimate of drug-likeness (QED) is 0.702. The van der Waals surface area contributed by atoms with E-state index in [1.54, 1.807) is 0 Å². The molecule has 0 radical (unpaired) electrons. The van der Waals surface area contributed by atoms with Gasteiger partial charge in [-0.25, -0.2) is 0 Å². The summed E-state index contributed by atoms with van der Waals surface area (Å²) < 4.78 is 0. The van der Waals surface area contributed by atoms with Crippen molar-refractivity contribution in [3.8, 4) is 0 Å². The Labute approximate surface area is 127 Å². The molecule has 1 aliphatic heterocycles. The van der Waals surface area contributed by atoms with Crippen LogP contribution in [0.4, 0.5) is 0 Å². The Morgan fingerprint density at radius 2 is 1.80 bits per heavy atom. The van der Waals surface area contributed by atoms with Gasteiger partial charge in [-0.2, -0.15) is 0 Å². The lowest BCUT2D eigenvalue weighted by Crippen LogP contribution is -2.52. The predicted octanol–water partition coefficient (Wildman–Crippen LogP) is 2.82. The third-order valence-electron chi connectivity index (χ3n) is 4.69. The van der Waals surface area contributed by atoms with Crippen molar-refractivity contribution in [1.82, 2.24) is 15.1 Å². The van der Waals surface area contributed by atoms with Gasteiger partial charge in [0, 0.05) is 18.6 Å². The second-order valence-corrected chi connectivity index (χ2v) is 6.67. The number of likely N-dealkylation sites (N-methyl/N-ethyl adjacent to an activating group) is 1. The number of nitrogens with one attached hydrogen (secondary N) is 1. The second kappa shape index (κ2) is 9.75. The summed E-state index contributed by atoms with van der Waals surface area (Å²) in [5, 5.41) is 3.73. The molecule has 0 aliphatic carbocycles. The van der Waals surface area contributed by atoms with E-state index in [0.29, 0.717) is 6.04 Å². The summed E-state index contributed by atoms with van der Waals surface area (Å²) in [4.78, 5) is 5.10. The molecule has 1 fully saturated rings.